The third-order valence-electron chi connectivity index (χ3n) is 1.42. The van der Waals surface area contributed by atoms with Crippen molar-refractivity contribution in [1.29, 1.82) is 0 Å². The Balaban J connectivity index is 2.97. The molecule has 14 heavy (non-hydrogen) atoms. The van der Waals surface area contributed by atoms with E-state index in [0.717, 1.165) is 12.1 Å². The Kier molecular flexibility index (Phi) is 3.36. The molecule has 0 aliphatic heterocycles. The Morgan fingerprint density at radius 1 is 1.14 bits per heavy atom. The molecule has 0 atom stereocenters. The largest absolute Gasteiger partial charge is 0.327 e. The maximum Gasteiger partial charge on any atom is 0.327 e. The summed E-state index contributed by atoms with van der Waals surface area (Å²) in [5.41, 5.74) is -1.02. The van der Waals surface area contributed by atoms with Crippen LogP contribution in [0.3, 0.4) is 0 Å². The molecular formula is C8H5F5S. The van der Waals surface area contributed by atoms with Crippen molar-refractivity contribution in [2.24, 2.45) is 0 Å². The van der Waals surface area contributed by atoms with Gasteiger partial charge in [0.25, 0.3) is 5.76 Å². The number of benzene rings is 1. The fourth-order valence-electron chi connectivity index (χ4n) is 0.873. The molecule has 0 saturated carbocycles. The van der Waals surface area contributed by atoms with Gasteiger partial charge in [-0.1, -0.05) is 12.1 Å². The van der Waals surface area contributed by atoms with Gasteiger partial charge in [-0.25, -0.2) is 4.39 Å². The Bertz CT molecular complexity index is 312. The molecule has 1 aromatic rings. The molecule has 1 rings (SSSR count). The molecule has 1 aromatic carbocycles. The average molecular weight is 228 g/mol. The van der Waals surface area contributed by atoms with Gasteiger partial charge in [0.2, 0.25) is 0 Å². The van der Waals surface area contributed by atoms with Gasteiger partial charge in [-0.2, -0.15) is 17.6 Å². The molecular weight excluding hydrogens is 223 g/mol. The second kappa shape index (κ2) is 4.16. The highest BCUT2D eigenvalue weighted by Crippen LogP contribution is 2.43. The third kappa shape index (κ3) is 2.60. The van der Waals surface area contributed by atoms with Gasteiger partial charge in [0, 0.05) is 0 Å². The van der Waals surface area contributed by atoms with E-state index in [2.05, 4.69) is 0 Å². The zero-order valence-corrected chi connectivity index (χ0v) is 7.50. The van der Waals surface area contributed by atoms with E-state index in [1.807, 2.05) is 0 Å². The Hall–Kier alpha value is -0.780. The SMILES string of the molecule is Fc1ccccc1C(F)(F)SC(F)F. The lowest BCUT2D eigenvalue weighted by atomic mass is 10.2. The molecule has 6 heteroatoms. The minimum Gasteiger partial charge on any atom is -0.206 e. The first kappa shape index (κ1) is 11.3. The number of alkyl halides is 4. The highest BCUT2D eigenvalue weighted by atomic mass is 32.2. The minimum atomic E-state index is -3.90. The fraction of sp³-hybridized carbons (Fsp3) is 0.250. The van der Waals surface area contributed by atoms with Gasteiger partial charge in [0.15, 0.2) is 0 Å². The summed E-state index contributed by atoms with van der Waals surface area (Å²) < 4.78 is 62.0. The molecule has 78 valence electrons. The van der Waals surface area contributed by atoms with Crippen LogP contribution in [0.25, 0.3) is 0 Å². The molecule has 0 radical (unpaired) electrons. The summed E-state index contributed by atoms with van der Waals surface area (Å²) in [6.45, 7) is 0. The predicted molar refractivity (Wildman–Crippen MR) is 43.9 cm³/mol. The van der Waals surface area contributed by atoms with E-state index < -0.39 is 34.2 Å². The van der Waals surface area contributed by atoms with Crippen LogP contribution in [0, 0.1) is 5.82 Å². The fourth-order valence-corrected chi connectivity index (χ4v) is 1.39. The molecule has 0 amide bonds. The zero-order valence-electron chi connectivity index (χ0n) is 6.68. The Morgan fingerprint density at radius 2 is 1.71 bits per heavy atom. The topological polar surface area (TPSA) is 0 Å². The van der Waals surface area contributed by atoms with Gasteiger partial charge in [-0.3, -0.25) is 0 Å². The Morgan fingerprint density at radius 3 is 2.21 bits per heavy atom. The molecule has 0 bridgehead atoms. The normalized spacial score (nSPS) is 12.1. The van der Waals surface area contributed by atoms with Crippen molar-refractivity contribution in [2.45, 2.75) is 11.0 Å². The highest BCUT2D eigenvalue weighted by molar-refractivity contribution is 8.00. The second-order valence-corrected chi connectivity index (χ2v) is 3.48. The number of hydrogen-bond donors (Lipinski definition) is 0. The summed E-state index contributed by atoms with van der Waals surface area (Å²) in [7, 11) is 0. The van der Waals surface area contributed by atoms with E-state index in [1.54, 1.807) is 0 Å². The van der Waals surface area contributed by atoms with Crippen LogP contribution < -0.4 is 0 Å². The van der Waals surface area contributed by atoms with Crippen LogP contribution in [0.1, 0.15) is 5.56 Å². The van der Waals surface area contributed by atoms with E-state index in [0.29, 0.717) is 0 Å². The van der Waals surface area contributed by atoms with E-state index in [-0.39, 0.29) is 0 Å². The van der Waals surface area contributed by atoms with Crippen LogP contribution in [0.4, 0.5) is 22.0 Å². The number of halogens is 5. The second-order valence-electron chi connectivity index (χ2n) is 2.38. The monoisotopic (exact) mass is 228 g/mol. The maximum absolute atomic E-state index is 12.9. The number of rotatable bonds is 3. The van der Waals surface area contributed by atoms with Crippen molar-refractivity contribution >= 4 is 11.8 Å². The average Bonchev–Trinajstić information content (AvgIpc) is 2.02. The predicted octanol–water partition coefficient (Wildman–Crippen LogP) is 3.83. The van der Waals surface area contributed by atoms with Crippen molar-refractivity contribution in [3.8, 4) is 0 Å². The summed E-state index contributed by atoms with van der Waals surface area (Å²) >= 11 is -0.883. The molecule has 0 aliphatic carbocycles. The lowest BCUT2D eigenvalue weighted by molar-refractivity contribution is 0.0931. The standard InChI is InChI=1S/C8H5F5S/c9-6-4-2-1-3-5(6)8(12,13)14-7(10)11/h1-4,7H. The van der Waals surface area contributed by atoms with Crippen molar-refractivity contribution in [2.75, 3.05) is 0 Å². The summed E-state index contributed by atoms with van der Waals surface area (Å²) in [6.07, 6.45) is 0. The molecule has 0 spiro atoms. The third-order valence-corrected chi connectivity index (χ3v) is 2.12. The van der Waals surface area contributed by atoms with Crippen LogP contribution in [0.2, 0.25) is 0 Å². The van der Waals surface area contributed by atoms with Crippen LogP contribution in [-0.4, -0.2) is 5.76 Å². The van der Waals surface area contributed by atoms with E-state index in [4.69, 9.17) is 0 Å². The van der Waals surface area contributed by atoms with Gasteiger partial charge < -0.3 is 0 Å². The molecule has 0 aromatic heterocycles. The molecule has 0 nitrogen and oxygen atoms in total. The van der Waals surface area contributed by atoms with Crippen LogP contribution in [0.15, 0.2) is 24.3 Å². The molecule has 0 saturated heterocycles. The van der Waals surface area contributed by atoms with Crippen molar-refractivity contribution in [3.05, 3.63) is 35.6 Å². The van der Waals surface area contributed by atoms with E-state index >= 15 is 0 Å². The van der Waals surface area contributed by atoms with Gasteiger partial charge in [-0.15, -0.1) is 0 Å². The summed E-state index contributed by atoms with van der Waals surface area (Å²) in [5.74, 6) is -4.43. The van der Waals surface area contributed by atoms with Crippen LogP contribution >= 0.6 is 11.8 Å². The maximum atomic E-state index is 12.9. The summed E-state index contributed by atoms with van der Waals surface area (Å²) in [5, 5.41) is -3.90. The van der Waals surface area contributed by atoms with E-state index in [1.165, 1.54) is 12.1 Å². The van der Waals surface area contributed by atoms with Crippen molar-refractivity contribution in [1.82, 2.24) is 0 Å². The molecule has 0 heterocycles. The first-order chi connectivity index (χ1) is 6.43. The van der Waals surface area contributed by atoms with Crippen LogP contribution in [-0.2, 0) is 5.25 Å². The van der Waals surface area contributed by atoms with Crippen molar-refractivity contribution in [3.63, 3.8) is 0 Å². The van der Waals surface area contributed by atoms with Gasteiger partial charge in [-0.05, 0) is 23.9 Å². The van der Waals surface area contributed by atoms with Crippen molar-refractivity contribution < 1.29 is 22.0 Å². The molecule has 0 fully saturated rings. The molecule has 0 aliphatic rings. The first-order valence-corrected chi connectivity index (χ1v) is 4.40. The summed E-state index contributed by atoms with van der Waals surface area (Å²) in [4.78, 5) is 0. The molecule has 0 unspecified atom stereocenters. The Labute approximate surface area is 81.1 Å². The smallest absolute Gasteiger partial charge is 0.206 e. The van der Waals surface area contributed by atoms with Crippen LogP contribution in [0.5, 0.6) is 0 Å². The number of thioether (sulfide) groups is 1. The van der Waals surface area contributed by atoms with Gasteiger partial charge in [0.1, 0.15) is 5.82 Å². The lowest BCUT2D eigenvalue weighted by Crippen LogP contribution is -2.12. The van der Waals surface area contributed by atoms with Gasteiger partial charge in [0.05, 0.1) is 5.56 Å². The zero-order chi connectivity index (χ0) is 10.8. The quantitative estimate of drug-likeness (QED) is 0.708. The highest BCUT2D eigenvalue weighted by Gasteiger charge is 2.38. The first-order valence-electron chi connectivity index (χ1n) is 3.52. The van der Waals surface area contributed by atoms with E-state index in [9.17, 15) is 22.0 Å². The van der Waals surface area contributed by atoms with Gasteiger partial charge >= 0.3 is 5.25 Å². The minimum absolute atomic E-state index is 0.782. The lowest BCUT2D eigenvalue weighted by Gasteiger charge is -2.15. The molecule has 0 N–H and O–H groups in total. The number of hydrogen-bond acceptors (Lipinski definition) is 1. The summed E-state index contributed by atoms with van der Waals surface area (Å²) in [6, 6.07) is 3.96.